The molecular formula is C20H30FNO2. The largest absolute Gasteiger partial charge is 0.387 e. The van der Waals surface area contributed by atoms with E-state index in [1.807, 2.05) is 11.9 Å². The van der Waals surface area contributed by atoms with Crippen LogP contribution in [0.25, 0.3) is 0 Å². The molecule has 0 aromatic rings. The third-order valence-electron chi connectivity index (χ3n) is 8.74. The minimum Gasteiger partial charge on any atom is -0.387 e. The molecule has 4 rings (SSSR count). The number of carbonyl (C=O) groups is 1. The minimum absolute atomic E-state index is 0.0207. The van der Waals surface area contributed by atoms with E-state index in [2.05, 4.69) is 19.9 Å². The Morgan fingerprint density at radius 2 is 1.92 bits per heavy atom. The third-order valence-corrected chi connectivity index (χ3v) is 8.74. The average Bonchev–Trinajstić information content (AvgIpc) is 2.71. The van der Waals surface area contributed by atoms with Gasteiger partial charge in [0.25, 0.3) is 0 Å². The van der Waals surface area contributed by atoms with E-state index >= 15 is 0 Å². The van der Waals surface area contributed by atoms with E-state index < -0.39 is 11.8 Å². The predicted octanol–water partition coefficient (Wildman–Crippen LogP) is 3.32. The molecule has 3 aliphatic carbocycles. The average molecular weight is 335 g/mol. The SMILES string of the molecule is CN1C(=O)C=C[C@]2(C)C3CC[C@@]4(C)[C@@H](C[C@H](F)[C@]4(C)O)C3CC[C@@H]12. The maximum atomic E-state index is 14.6. The van der Waals surface area contributed by atoms with Crippen LogP contribution >= 0.6 is 0 Å². The van der Waals surface area contributed by atoms with Crippen LogP contribution in [0.2, 0.25) is 0 Å². The summed E-state index contributed by atoms with van der Waals surface area (Å²) < 4.78 is 14.6. The van der Waals surface area contributed by atoms with E-state index in [1.54, 1.807) is 13.0 Å². The van der Waals surface area contributed by atoms with Gasteiger partial charge < -0.3 is 10.0 Å². The predicted molar refractivity (Wildman–Crippen MR) is 91.0 cm³/mol. The topological polar surface area (TPSA) is 40.5 Å². The fraction of sp³-hybridized carbons (Fsp3) is 0.850. The van der Waals surface area contributed by atoms with Crippen molar-refractivity contribution in [2.24, 2.45) is 28.6 Å². The molecule has 0 spiro atoms. The Morgan fingerprint density at radius 3 is 2.62 bits per heavy atom. The summed E-state index contributed by atoms with van der Waals surface area (Å²) in [6.45, 7) is 6.10. The number of fused-ring (bicyclic) bond motifs is 5. The van der Waals surface area contributed by atoms with Gasteiger partial charge in [-0.3, -0.25) is 4.79 Å². The van der Waals surface area contributed by atoms with Gasteiger partial charge in [-0.1, -0.05) is 19.9 Å². The Bertz CT molecular complexity index is 602. The number of carbonyl (C=O) groups excluding carboxylic acids is 1. The second-order valence-electron chi connectivity index (χ2n) is 9.43. The fourth-order valence-corrected chi connectivity index (χ4v) is 6.93. The molecule has 1 N–H and O–H groups in total. The van der Waals surface area contributed by atoms with Gasteiger partial charge in [-0.15, -0.1) is 0 Å². The van der Waals surface area contributed by atoms with Crippen LogP contribution in [-0.2, 0) is 4.79 Å². The van der Waals surface area contributed by atoms with Crippen LogP contribution in [0.3, 0.4) is 0 Å². The van der Waals surface area contributed by atoms with Crippen molar-refractivity contribution in [1.29, 1.82) is 0 Å². The van der Waals surface area contributed by atoms with Crippen LogP contribution in [0.4, 0.5) is 4.39 Å². The normalized spacial score (nSPS) is 56.7. The zero-order valence-electron chi connectivity index (χ0n) is 15.3. The minimum atomic E-state index is -1.21. The molecule has 4 heteroatoms. The van der Waals surface area contributed by atoms with E-state index in [0.29, 0.717) is 18.3 Å². The van der Waals surface area contributed by atoms with Crippen LogP contribution in [0.1, 0.15) is 52.9 Å². The molecular weight excluding hydrogens is 305 g/mol. The Morgan fingerprint density at radius 1 is 1.21 bits per heavy atom. The molecule has 1 aliphatic heterocycles. The van der Waals surface area contributed by atoms with Crippen LogP contribution < -0.4 is 0 Å². The molecule has 0 saturated heterocycles. The number of halogens is 1. The van der Waals surface area contributed by atoms with Gasteiger partial charge >= 0.3 is 0 Å². The van der Waals surface area contributed by atoms with Crippen LogP contribution in [-0.4, -0.2) is 40.8 Å². The molecule has 3 saturated carbocycles. The van der Waals surface area contributed by atoms with Crippen molar-refractivity contribution in [3.63, 3.8) is 0 Å². The van der Waals surface area contributed by atoms with Gasteiger partial charge in [-0.25, -0.2) is 4.39 Å². The second kappa shape index (κ2) is 4.84. The van der Waals surface area contributed by atoms with Gasteiger partial charge in [0, 0.05) is 23.9 Å². The summed E-state index contributed by atoms with van der Waals surface area (Å²) in [6.07, 6.45) is 7.15. The van der Waals surface area contributed by atoms with E-state index in [9.17, 15) is 14.3 Å². The molecule has 0 bridgehead atoms. The number of likely N-dealkylation sites (N-methyl/N-ethyl adjacent to an activating group) is 1. The maximum Gasteiger partial charge on any atom is 0.246 e. The van der Waals surface area contributed by atoms with Gasteiger partial charge in [-0.05, 0) is 62.9 Å². The molecule has 0 aromatic carbocycles. The van der Waals surface area contributed by atoms with Crippen LogP contribution in [0, 0.1) is 28.6 Å². The number of rotatable bonds is 0. The molecule has 3 nitrogen and oxygen atoms in total. The summed E-state index contributed by atoms with van der Waals surface area (Å²) in [5.41, 5.74) is -1.56. The first-order valence-corrected chi connectivity index (χ1v) is 9.45. The molecule has 24 heavy (non-hydrogen) atoms. The number of aliphatic hydroxyl groups is 1. The van der Waals surface area contributed by atoms with Gasteiger partial charge in [0.05, 0.1) is 5.60 Å². The first kappa shape index (κ1) is 16.6. The number of amides is 1. The highest BCUT2D eigenvalue weighted by Crippen LogP contribution is 2.66. The molecule has 0 aromatic heterocycles. The molecule has 0 radical (unpaired) electrons. The van der Waals surface area contributed by atoms with E-state index in [4.69, 9.17) is 0 Å². The molecule has 8 atom stereocenters. The number of nitrogens with zero attached hydrogens (tertiary/aromatic N) is 1. The summed E-state index contributed by atoms with van der Waals surface area (Å²) in [6, 6.07) is 0.253. The Kier molecular flexibility index (Phi) is 3.34. The lowest BCUT2D eigenvalue weighted by Crippen LogP contribution is -2.60. The number of hydrogen-bond donors (Lipinski definition) is 1. The summed E-state index contributed by atoms with van der Waals surface area (Å²) >= 11 is 0. The number of alkyl halides is 1. The zero-order valence-corrected chi connectivity index (χ0v) is 15.3. The number of hydrogen-bond acceptors (Lipinski definition) is 2. The Labute approximate surface area is 144 Å². The lowest BCUT2D eigenvalue weighted by Gasteiger charge is -2.60. The van der Waals surface area contributed by atoms with Crippen molar-refractivity contribution in [2.75, 3.05) is 7.05 Å². The van der Waals surface area contributed by atoms with Gasteiger partial charge in [0.2, 0.25) is 5.91 Å². The van der Waals surface area contributed by atoms with E-state index in [1.165, 1.54) is 0 Å². The quantitative estimate of drug-likeness (QED) is 0.738. The Hall–Kier alpha value is -0.900. The van der Waals surface area contributed by atoms with Crippen LogP contribution in [0.15, 0.2) is 12.2 Å². The highest BCUT2D eigenvalue weighted by Gasteiger charge is 2.66. The Balaban J connectivity index is 1.71. The summed E-state index contributed by atoms with van der Waals surface area (Å²) in [5, 5.41) is 10.8. The fourth-order valence-electron chi connectivity index (χ4n) is 6.93. The molecule has 3 fully saturated rings. The van der Waals surface area contributed by atoms with Crippen molar-refractivity contribution < 1.29 is 14.3 Å². The maximum absolute atomic E-state index is 14.6. The van der Waals surface area contributed by atoms with Crippen molar-refractivity contribution in [2.45, 2.75) is 70.7 Å². The smallest absolute Gasteiger partial charge is 0.246 e. The third kappa shape index (κ3) is 1.79. The molecule has 2 unspecified atom stereocenters. The lowest BCUT2D eigenvalue weighted by atomic mass is 9.47. The monoisotopic (exact) mass is 335 g/mol. The van der Waals surface area contributed by atoms with Gasteiger partial charge in [0.15, 0.2) is 0 Å². The molecule has 1 heterocycles. The lowest BCUT2D eigenvalue weighted by molar-refractivity contribution is -0.151. The first-order chi connectivity index (χ1) is 11.1. The standard InChI is InChI=1S/C20H30FNO2/c1-18-9-8-17(23)22(4)16(18)6-5-12-13(18)7-10-19(2)14(12)11-15(21)20(19,3)24/h8-9,12-16,24H,5-7,10-11H2,1-4H3/t12?,13?,14-,15-,16+,18+,19-,20-/m0/s1. The summed E-state index contributed by atoms with van der Waals surface area (Å²) in [5.74, 6) is 1.27. The van der Waals surface area contributed by atoms with Crippen molar-refractivity contribution in [3.8, 4) is 0 Å². The van der Waals surface area contributed by atoms with E-state index in [-0.39, 0.29) is 28.7 Å². The van der Waals surface area contributed by atoms with Crippen molar-refractivity contribution in [3.05, 3.63) is 12.2 Å². The highest BCUT2D eigenvalue weighted by molar-refractivity contribution is 5.89. The summed E-state index contributed by atoms with van der Waals surface area (Å²) in [7, 11) is 1.92. The van der Waals surface area contributed by atoms with E-state index in [0.717, 1.165) is 25.7 Å². The van der Waals surface area contributed by atoms with Crippen LogP contribution in [0.5, 0.6) is 0 Å². The van der Waals surface area contributed by atoms with Gasteiger partial charge in [0.1, 0.15) is 6.17 Å². The first-order valence-electron chi connectivity index (χ1n) is 9.45. The van der Waals surface area contributed by atoms with Crippen molar-refractivity contribution >= 4 is 5.91 Å². The zero-order chi connectivity index (χ0) is 17.5. The molecule has 1 amide bonds. The van der Waals surface area contributed by atoms with Gasteiger partial charge in [-0.2, -0.15) is 0 Å². The highest BCUT2D eigenvalue weighted by atomic mass is 19.1. The molecule has 134 valence electrons. The molecule has 4 aliphatic rings. The second-order valence-corrected chi connectivity index (χ2v) is 9.43. The summed E-state index contributed by atoms with van der Waals surface area (Å²) in [4.78, 5) is 14.0. The van der Waals surface area contributed by atoms with Crippen molar-refractivity contribution in [1.82, 2.24) is 4.90 Å².